The van der Waals surface area contributed by atoms with Crippen LogP contribution >= 0.6 is 7.82 Å². The zero-order chi connectivity index (χ0) is 21.5. The van der Waals surface area contributed by atoms with Crippen molar-refractivity contribution in [3.63, 3.8) is 0 Å². The van der Waals surface area contributed by atoms with E-state index in [0.29, 0.717) is 6.54 Å². The van der Waals surface area contributed by atoms with E-state index in [9.17, 15) is 24.2 Å². The summed E-state index contributed by atoms with van der Waals surface area (Å²) in [6.45, 7) is 12.4. The van der Waals surface area contributed by atoms with Crippen LogP contribution in [-0.4, -0.2) is 53.7 Å². The Balaban J connectivity index is 4.41. The number of hydrogen-bond donors (Lipinski definition) is 4. The average molecular weight is 410 g/mol. The normalized spacial score (nSPS) is 15.9. The lowest BCUT2D eigenvalue weighted by molar-refractivity contribution is -0.137. The maximum absolute atomic E-state index is 12.1. The van der Waals surface area contributed by atoms with Gasteiger partial charge in [0.2, 0.25) is 11.8 Å². The number of aliphatic hydroxyl groups is 1. The topological polar surface area (TPSA) is 134 Å². The Labute approximate surface area is 161 Å². The summed E-state index contributed by atoms with van der Waals surface area (Å²) < 4.78 is 21.4. The fourth-order valence-electron chi connectivity index (χ4n) is 1.83. The Hall–Kier alpha value is -0.990. The van der Waals surface area contributed by atoms with Gasteiger partial charge in [-0.1, -0.05) is 34.6 Å². The van der Waals surface area contributed by atoms with Crippen molar-refractivity contribution < 1.29 is 33.2 Å². The van der Waals surface area contributed by atoms with Gasteiger partial charge in [-0.3, -0.25) is 18.6 Å². The summed E-state index contributed by atoms with van der Waals surface area (Å²) in [5.41, 5.74) is -1.18. The van der Waals surface area contributed by atoms with Gasteiger partial charge in [-0.05, 0) is 19.3 Å². The maximum atomic E-state index is 12.1. The molecule has 0 aromatic heterocycles. The van der Waals surface area contributed by atoms with Crippen LogP contribution in [0.1, 0.15) is 54.9 Å². The molecule has 0 saturated carbocycles. The van der Waals surface area contributed by atoms with Gasteiger partial charge in [0.15, 0.2) is 0 Å². The molecule has 0 rings (SSSR count). The van der Waals surface area contributed by atoms with Crippen LogP contribution in [-0.2, 0) is 23.2 Å². The minimum absolute atomic E-state index is 0.0372. The largest absolute Gasteiger partial charge is 0.472 e. The van der Waals surface area contributed by atoms with Crippen molar-refractivity contribution in [1.29, 1.82) is 0 Å². The molecule has 160 valence electrons. The SMILES string of the molecule is CC(C)OP(=O)(O)OCC(C)(C)C(O)C(=O)NCCC(=O)NCC(C)(C)C. The lowest BCUT2D eigenvalue weighted by Crippen LogP contribution is -2.46. The van der Waals surface area contributed by atoms with Crippen LogP contribution in [0.25, 0.3) is 0 Å². The molecule has 2 unspecified atom stereocenters. The van der Waals surface area contributed by atoms with E-state index in [4.69, 9.17) is 9.05 Å². The number of amides is 2. The zero-order valence-electron chi connectivity index (χ0n) is 17.4. The first kappa shape index (κ1) is 26.0. The molecule has 4 N–H and O–H groups in total. The number of carbonyl (C=O) groups is 2. The Morgan fingerprint density at radius 2 is 1.67 bits per heavy atom. The van der Waals surface area contributed by atoms with Gasteiger partial charge in [0.25, 0.3) is 0 Å². The van der Waals surface area contributed by atoms with E-state index < -0.39 is 31.4 Å². The first-order valence-corrected chi connectivity index (χ1v) is 10.4. The number of phosphoric ester groups is 1. The van der Waals surface area contributed by atoms with Gasteiger partial charge in [0.05, 0.1) is 12.7 Å². The lowest BCUT2D eigenvalue weighted by Gasteiger charge is -2.30. The van der Waals surface area contributed by atoms with E-state index in [1.165, 1.54) is 13.8 Å². The van der Waals surface area contributed by atoms with Crippen molar-refractivity contribution in [3.05, 3.63) is 0 Å². The third-order valence-corrected chi connectivity index (χ3v) is 4.54. The van der Waals surface area contributed by atoms with Crippen LogP contribution in [0.15, 0.2) is 0 Å². The second-order valence-corrected chi connectivity index (χ2v) is 10.1. The zero-order valence-corrected chi connectivity index (χ0v) is 18.3. The van der Waals surface area contributed by atoms with Crippen LogP contribution in [0, 0.1) is 10.8 Å². The smallest absolute Gasteiger partial charge is 0.383 e. The molecule has 0 aliphatic heterocycles. The Bertz CT molecular complexity index is 544. The van der Waals surface area contributed by atoms with Gasteiger partial charge < -0.3 is 20.6 Å². The van der Waals surface area contributed by atoms with Gasteiger partial charge in [-0.15, -0.1) is 0 Å². The van der Waals surface area contributed by atoms with Crippen LogP contribution < -0.4 is 10.6 Å². The molecule has 2 atom stereocenters. The van der Waals surface area contributed by atoms with E-state index in [1.807, 2.05) is 20.8 Å². The summed E-state index contributed by atoms with van der Waals surface area (Å²) in [6, 6.07) is 0. The molecule has 2 amide bonds. The molecule has 0 aromatic carbocycles. The molecule has 0 spiro atoms. The van der Waals surface area contributed by atoms with Crippen LogP contribution in [0.3, 0.4) is 0 Å². The Kier molecular flexibility index (Phi) is 10.1. The predicted molar refractivity (Wildman–Crippen MR) is 102 cm³/mol. The molecule has 0 bridgehead atoms. The first-order chi connectivity index (χ1) is 12.1. The number of hydrogen-bond acceptors (Lipinski definition) is 6. The molecular weight excluding hydrogens is 375 g/mol. The molecule has 27 heavy (non-hydrogen) atoms. The van der Waals surface area contributed by atoms with E-state index in [1.54, 1.807) is 13.8 Å². The Morgan fingerprint density at radius 3 is 2.15 bits per heavy atom. The Morgan fingerprint density at radius 1 is 1.11 bits per heavy atom. The van der Waals surface area contributed by atoms with Crippen molar-refractivity contribution in [3.8, 4) is 0 Å². The molecule has 0 fully saturated rings. The fraction of sp³-hybridized carbons (Fsp3) is 0.882. The summed E-state index contributed by atoms with van der Waals surface area (Å²) in [4.78, 5) is 33.4. The van der Waals surface area contributed by atoms with Gasteiger partial charge in [0, 0.05) is 24.9 Å². The molecule has 0 aliphatic carbocycles. The van der Waals surface area contributed by atoms with Gasteiger partial charge in [-0.2, -0.15) is 0 Å². The third-order valence-electron chi connectivity index (χ3n) is 3.40. The number of rotatable bonds is 11. The summed E-state index contributed by atoms with van der Waals surface area (Å²) in [7, 11) is -4.27. The highest BCUT2D eigenvalue weighted by Gasteiger charge is 2.37. The quantitative estimate of drug-likeness (QED) is 0.380. The molecule has 0 radical (unpaired) electrons. The highest BCUT2D eigenvalue weighted by molar-refractivity contribution is 7.47. The van der Waals surface area contributed by atoms with Crippen molar-refractivity contribution in [2.24, 2.45) is 10.8 Å². The number of carbonyl (C=O) groups excluding carboxylic acids is 2. The van der Waals surface area contributed by atoms with E-state index in [2.05, 4.69) is 10.6 Å². The van der Waals surface area contributed by atoms with Gasteiger partial charge in [-0.25, -0.2) is 4.57 Å². The number of phosphoric acid groups is 1. The second-order valence-electron chi connectivity index (χ2n) is 8.67. The van der Waals surface area contributed by atoms with Crippen LogP contribution in [0.4, 0.5) is 0 Å². The number of nitrogens with one attached hydrogen (secondary N) is 2. The fourth-order valence-corrected chi connectivity index (χ4v) is 2.92. The molecule has 0 aliphatic rings. The van der Waals surface area contributed by atoms with Crippen LogP contribution in [0.2, 0.25) is 0 Å². The van der Waals surface area contributed by atoms with Crippen molar-refractivity contribution in [2.75, 3.05) is 19.7 Å². The molecule has 10 heteroatoms. The molecule has 0 heterocycles. The first-order valence-electron chi connectivity index (χ1n) is 8.94. The molecule has 0 saturated heterocycles. The molecule has 0 aromatic rings. The predicted octanol–water partition coefficient (Wildman–Crippen LogP) is 1.58. The standard InChI is InChI=1S/C17H35N2O7P/c1-12(2)26-27(23,24)25-11-17(6,7)14(21)15(22)18-9-8-13(20)19-10-16(3,4)5/h12,14,21H,8-11H2,1-7H3,(H,18,22)(H,19,20)(H,23,24). The second kappa shape index (κ2) is 10.5. The van der Waals surface area contributed by atoms with Gasteiger partial charge >= 0.3 is 7.82 Å². The van der Waals surface area contributed by atoms with Gasteiger partial charge in [0.1, 0.15) is 6.10 Å². The summed E-state index contributed by atoms with van der Waals surface area (Å²) in [5, 5.41) is 15.4. The summed E-state index contributed by atoms with van der Waals surface area (Å²) in [5.74, 6) is -0.890. The van der Waals surface area contributed by atoms with E-state index in [0.717, 1.165) is 0 Å². The minimum atomic E-state index is -4.27. The third kappa shape index (κ3) is 12.2. The van der Waals surface area contributed by atoms with E-state index in [-0.39, 0.29) is 30.9 Å². The summed E-state index contributed by atoms with van der Waals surface area (Å²) in [6.07, 6.45) is -1.92. The van der Waals surface area contributed by atoms with Crippen molar-refractivity contribution in [2.45, 2.75) is 67.1 Å². The van der Waals surface area contributed by atoms with Crippen LogP contribution in [0.5, 0.6) is 0 Å². The molecular formula is C17H35N2O7P. The lowest BCUT2D eigenvalue weighted by atomic mass is 9.87. The highest BCUT2D eigenvalue weighted by Crippen LogP contribution is 2.46. The van der Waals surface area contributed by atoms with Crippen molar-refractivity contribution in [1.82, 2.24) is 10.6 Å². The van der Waals surface area contributed by atoms with Crippen molar-refractivity contribution >= 4 is 19.6 Å². The maximum Gasteiger partial charge on any atom is 0.472 e. The molecule has 9 nitrogen and oxygen atoms in total. The summed E-state index contributed by atoms with van der Waals surface area (Å²) >= 11 is 0. The highest BCUT2D eigenvalue weighted by atomic mass is 31.2. The van der Waals surface area contributed by atoms with E-state index >= 15 is 0 Å². The average Bonchev–Trinajstić information content (AvgIpc) is 2.48. The monoisotopic (exact) mass is 410 g/mol. The minimum Gasteiger partial charge on any atom is -0.383 e. The number of aliphatic hydroxyl groups excluding tert-OH is 1.